The van der Waals surface area contributed by atoms with E-state index in [2.05, 4.69) is 10.4 Å². The Morgan fingerprint density at radius 1 is 1.58 bits per heavy atom. The molecule has 0 aliphatic rings. The number of nitrogen functional groups attached to an aromatic ring is 1. The van der Waals surface area contributed by atoms with Gasteiger partial charge in [0.1, 0.15) is 9.71 Å². The monoisotopic (exact) mass is 281 g/mol. The number of thiophene rings is 1. The fourth-order valence-electron chi connectivity index (χ4n) is 2.04. The first kappa shape index (κ1) is 13.8. The smallest absolute Gasteiger partial charge is 0.265 e. The van der Waals surface area contributed by atoms with Crippen LogP contribution in [-0.2, 0) is 7.05 Å². The van der Waals surface area contributed by atoms with Crippen molar-refractivity contribution in [3.63, 3.8) is 0 Å². The summed E-state index contributed by atoms with van der Waals surface area (Å²) in [6, 6.07) is 0. The first-order valence-electron chi connectivity index (χ1n) is 6.09. The Hall–Kier alpha value is -1.60. The number of nitrogens with zero attached hydrogens (tertiary/aromatic N) is 3. The lowest BCUT2D eigenvalue weighted by Gasteiger charge is -2.16. The molecule has 0 aliphatic heterocycles. The molecule has 7 heteroatoms. The summed E-state index contributed by atoms with van der Waals surface area (Å²) in [5, 5.41) is 8.24. The molecule has 2 heterocycles. The van der Waals surface area contributed by atoms with Crippen LogP contribution in [0.4, 0.5) is 5.69 Å². The van der Waals surface area contributed by atoms with Gasteiger partial charge in [-0.25, -0.2) is 0 Å². The zero-order chi connectivity index (χ0) is 14.2. The highest BCUT2D eigenvalue weighted by Gasteiger charge is 2.22. The van der Waals surface area contributed by atoms with Crippen LogP contribution in [0.15, 0.2) is 0 Å². The highest BCUT2D eigenvalue weighted by atomic mass is 32.1. The predicted octanol–water partition coefficient (Wildman–Crippen LogP) is 0.817. The Labute approximate surface area is 116 Å². The van der Waals surface area contributed by atoms with E-state index in [9.17, 15) is 4.79 Å². The van der Waals surface area contributed by atoms with Crippen LogP contribution in [0.5, 0.6) is 0 Å². The van der Waals surface area contributed by atoms with E-state index in [1.807, 2.05) is 21.0 Å². The SMILES string of the molecule is CNCCN(C)C(=O)c1sc2c(c(C)nn2C)c1N. The van der Waals surface area contributed by atoms with Gasteiger partial charge < -0.3 is 16.0 Å². The van der Waals surface area contributed by atoms with Gasteiger partial charge >= 0.3 is 0 Å². The molecular weight excluding hydrogens is 262 g/mol. The lowest BCUT2D eigenvalue weighted by atomic mass is 10.2. The van der Waals surface area contributed by atoms with Crippen molar-refractivity contribution in [3.8, 4) is 0 Å². The maximum absolute atomic E-state index is 12.4. The minimum absolute atomic E-state index is 0.0339. The van der Waals surface area contributed by atoms with Gasteiger partial charge in [-0.2, -0.15) is 5.10 Å². The molecule has 0 saturated heterocycles. The number of carbonyl (C=O) groups excluding carboxylic acids is 1. The van der Waals surface area contributed by atoms with Crippen LogP contribution in [0.3, 0.4) is 0 Å². The summed E-state index contributed by atoms with van der Waals surface area (Å²) in [7, 11) is 5.51. The maximum atomic E-state index is 12.4. The maximum Gasteiger partial charge on any atom is 0.265 e. The fraction of sp³-hybridized carbons (Fsp3) is 0.500. The zero-order valence-corrected chi connectivity index (χ0v) is 12.5. The molecule has 2 aromatic heterocycles. The molecule has 0 aliphatic carbocycles. The van der Waals surface area contributed by atoms with Crippen molar-refractivity contribution in [2.24, 2.45) is 7.05 Å². The lowest BCUT2D eigenvalue weighted by Crippen LogP contribution is -2.32. The average molecular weight is 281 g/mol. The third-order valence-electron chi connectivity index (χ3n) is 3.12. The topological polar surface area (TPSA) is 76.2 Å². The second kappa shape index (κ2) is 5.18. The molecule has 0 bridgehead atoms. The van der Waals surface area contributed by atoms with E-state index in [0.717, 1.165) is 22.5 Å². The number of hydrogen-bond acceptors (Lipinski definition) is 5. The van der Waals surface area contributed by atoms with Crippen LogP contribution < -0.4 is 11.1 Å². The summed E-state index contributed by atoms with van der Waals surface area (Å²) in [5.41, 5.74) is 7.53. The molecule has 3 N–H and O–H groups in total. The van der Waals surface area contributed by atoms with Crippen LogP contribution in [0.2, 0.25) is 0 Å². The Morgan fingerprint density at radius 2 is 2.26 bits per heavy atom. The molecule has 1 amide bonds. The second-order valence-corrected chi connectivity index (χ2v) is 5.56. The Balaban J connectivity index is 2.38. The number of rotatable bonds is 4. The molecule has 104 valence electrons. The van der Waals surface area contributed by atoms with Crippen LogP contribution in [0, 0.1) is 6.92 Å². The van der Waals surface area contributed by atoms with E-state index < -0.39 is 0 Å². The predicted molar refractivity (Wildman–Crippen MR) is 78.6 cm³/mol. The molecule has 0 fully saturated rings. The van der Waals surface area contributed by atoms with Crippen molar-refractivity contribution in [2.45, 2.75) is 6.92 Å². The van der Waals surface area contributed by atoms with Gasteiger partial charge in [-0.1, -0.05) is 0 Å². The molecule has 0 atom stereocenters. The molecule has 2 rings (SSSR count). The van der Waals surface area contributed by atoms with E-state index in [-0.39, 0.29) is 5.91 Å². The molecular formula is C12H19N5OS. The first-order valence-corrected chi connectivity index (χ1v) is 6.90. The van der Waals surface area contributed by atoms with Gasteiger partial charge in [0, 0.05) is 27.2 Å². The normalized spacial score (nSPS) is 11.2. The Bertz CT molecular complexity index is 615. The summed E-state index contributed by atoms with van der Waals surface area (Å²) < 4.78 is 1.77. The van der Waals surface area contributed by atoms with Gasteiger partial charge in [0.2, 0.25) is 0 Å². The van der Waals surface area contributed by atoms with Gasteiger partial charge in [0.25, 0.3) is 5.91 Å². The summed E-state index contributed by atoms with van der Waals surface area (Å²) in [4.78, 5) is 15.6. The second-order valence-electron chi connectivity index (χ2n) is 4.56. The minimum atomic E-state index is -0.0339. The van der Waals surface area contributed by atoms with Gasteiger partial charge in [-0.3, -0.25) is 9.48 Å². The van der Waals surface area contributed by atoms with Crippen LogP contribution in [0.25, 0.3) is 10.2 Å². The number of aryl methyl sites for hydroxylation is 2. The standard InChI is InChI=1S/C12H19N5OS/c1-7-8-9(13)10(19-12(8)17(4)15-7)11(18)16(3)6-5-14-2/h14H,5-6,13H2,1-4H3. The van der Waals surface area contributed by atoms with Crippen LogP contribution >= 0.6 is 11.3 Å². The molecule has 0 unspecified atom stereocenters. The number of amides is 1. The molecule has 6 nitrogen and oxygen atoms in total. The summed E-state index contributed by atoms with van der Waals surface area (Å²) in [6.45, 7) is 3.32. The molecule has 0 spiro atoms. The third kappa shape index (κ3) is 2.31. The largest absolute Gasteiger partial charge is 0.397 e. The average Bonchev–Trinajstić information content (AvgIpc) is 2.85. The number of aromatic nitrogens is 2. The highest BCUT2D eigenvalue weighted by molar-refractivity contribution is 7.21. The van der Waals surface area contributed by atoms with Crippen LogP contribution in [0.1, 0.15) is 15.4 Å². The number of hydrogen-bond donors (Lipinski definition) is 2. The highest BCUT2D eigenvalue weighted by Crippen LogP contribution is 2.35. The first-order chi connectivity index (χ1) is 8.97. The molecule has 19 heavy (non-hydrogen) atoms. The minimum Gasteiger partial charge on any atom is -0.397 e. The number of likely N-dealkylation sites (N-methyl/N-ethyl adjacent to an activating group) is 2. The number of fused-ring (bicyclic) bond motifs is 1. The van der Waals surface area contributed by atoms with E-state index >= 15 is 0 Å². The van der Waals surface area contributed by atoms with Gasteiger partial charge in [0.15, 0.2) is 0 Å². The van der Waals surface area contributed by atoms with Gasteiger partial charge in [-0.05, 0) is 14.0 Å². The van der Waals surface area contributed by atoms with Crippen LogP contribution in [-0.4, -0.2) is 47.8 Å². The van der Waals surface area contributed by atoms with E-state index in [1.54, 1.807) is 16.6 Å². The Morgan fingerprint density at radius 3 is 2.84 bits per heavy atom. The number of carbonyl (C=O) groups is 1. The molecule has 0 aromatic carbocycles. The quantitative estimate of drug-likeness (QED) is 0.870. The van der Waals surface area contributed by atoms with E-state index in [4.69, 9.17) is 5.73 Å². The van der Waals surface area contributed by atoms with Crippen molar-refractivity contribution in [1.82, 2.24) is 20.0 Å². The van der Waals surface area contributed by atoms with Crippen molar-refractivity contribution in [3.05, 3.63) is 10.6 Å². The van der Waals surface area contributed by atoms with Crippen molar-refractivity contribution < 1.29 is 4.79 Å². The van der Waals surface area contributed by atoms with Gasteiger partial charge in [0.05, 0.1) is 16.8 Å². The summed E-state index contributed by atoms with van der Waals surface area (Å²) >= 11 is 1.41. The fourth-order valence-corrected chi connectivity index (χ4v) is 3.22. The number of nitrogens with two attached hydrogens (primary N) is 1. The zero-order valence-electron chi connectivity index (χ0n) is 11.6. The van der Waals surface area contributed by atoms with Gasteiger partial charge in [-0.15, -0.1) is 11.3 Å². The molecule has 0 radical (unpaired) electrons. The number of nitrogens with one attached hydrogen (secondary N) is 1. The van der Waals surface area contributed by atoms with Crippen molar-refractivity contribution in [1.29, 1.82) is 0 Å². The van der Waals surface area contributed by atoms with E-state index in [0.29, 0.717) is 17.1 Å². The third-order valence-corrected chi connectivity index (χ3v) is 4.38. The van der Waals surface area contributed by atoms with Crippen molar-refractivity contribution in [2.75, 3.05) is 32.9 Å². The molecule has 2 aromatic rings. The lowest BCUT2D eigenvalue weighted by molar-refractivity contribution is 0.0802. The Kier molecular flexibility index (Phi) is 3.77. The summed E-state index contributed by atoms with van der Waals surface area (Å²) in [5.74, 6) is -0.0339. The summed E-state index contributed by atoms with van der Waals surface area (Å²) in [6.07, 6.45) is 0. The van der Waals surface area contributed by atoms with Crippen molar-refractivity contribution >= 4 is 33.1 Å². The molecule has 0 saturated carbocycles. The number of anilines is 1. The van der Waals surface area contributed by atoms with E-state index in [1.165, 1.54) is 11.3 Å².